The molecule has 2 rings (SSSR count). The number of ether oxygens (including phenoxy) is 1. The second-order valence-electron chi connectivity index (χ2n) is 10.2. The van der Waals surface area contributed by atoms with Crippen molar-refractivity contribution in [3.05, 3.63) is 41.7 Å². The summed E-state index contributed by atoms with van der Waals surface area (Å²) in [6, 6.07) is 5.49. The molecule has 0 spiro atoms. The highest BCUT2D eigenvalue weighted by molar-refractivity contribution is 5.92. The first kappa shape index (κ1) is 36.2. The number of carboxylic acids is 1. The molecule has 0 radical (unpaired) electrons. The number of nitrogens with zero attached hydrogens (tertiary/aromatic N) is 1. The lowest BCUT2D eigenvalue weighted by Gasteiger charge is -2.32. The predicted molar refractivity (Wildman–Crippen MR) is 158 cm³/mol. The largest absolute Gasteiger partial charge is 0.494 e. The van der Waals surface area contributed by atoms with Crippen molar-refractivity contribution in [1.29, 1.82) is 0 Å². The van der Waals surface area contributed by atoms with E-state index >= 15 is 0 Å². The van der Waals surface area contributed by atoms with Gasteiger partial charge in [-0.3, -0.25) is 19.2 Å². The van der Waals surface area contributed by atoms with Crippen molar-refractivity contribution in [2.75, 3.05) is 19.9 Å². The Morgan fingerprint density at radius 1 is 1.05 bits per heavy atom. The average Bonchev–Trinajstić information content (AvgIpc) is 3.50. The molecule has 3 amide bonds. The van der Waals surface area contributed by atoms with Crippen LogP contribution in [0, 0.1) is 5.92 Å². The fraction of sp³-hybridized carbons (Fsp3) is 0.548. The molecule has 1 heterocycles. The van der Waals surface area contributed by atoms with Gasteiger partial charge in [0.05, 0.1) is 31.8 Å². The minimum atomic E-state index is -4.18. The van der Waals surface area contributed by atoms with E-state index in [0.29, 0.717) is 25.9 Å². The van der Waals surface area contributed by atoms with Gasteiger partial charge in [-0.2, -0.15) is 8.78 Å². The fourth-order valence-corrected chi connectivity index (χ4v) is 4.61. The van der Waals surface area contributed by atoms with Gasteiger partial charge < -0.3 is 24.9 Å². The molecule has 0 bridgehead atoms. The highest BCUT2D eigenvalue weighted by Gasteiger charge is 2.42. The van der Waals surface area contributed by atoms with E-state index in [2.05, 4.69) is 10.6 Å². The first-order valence-electron chi connectivity index (χ1n) is 15.0. The number of benzene rings is 1. The number of halogens is 2. The Morgan fingerprint density at radius 2 is 1.77 bits per heavy atom. The van der Waals surface area contributed by atoms with Gasteiger partial charge in [-0.05, 0) is 56.5 Å². The number of hydroxylamine groups is 2. The Kier molecular flexibility index (Phi) is 14.8. The Hall–Kier alpha value is -4.00. The van der Waals surface area contributed by atoms with E-state index in [-0.39, 0.29) is 42.0 Å². The maximum Gasteiger partial charge on any atom is 0.379 e. The summed E-state index contributed by atoms with van der Waals surface area (Å²) in [4.78, 5) is 54.6. The van der Waals surface area contributed by atoms with E-state index in [1.54, 1.807) is 6.92 Å². The second kappa shape index (κ2) is 18.0. The van der Waals surface area contributed by atoms with E-state index in [1.807, 2.05) is 20.8 Å². The van der Waals surface area contributed by atoms with Crippen molar-refractivity contribution in [1.82, 2.24) is 15.7 Å². The van der Waals surface area contributed by atoms with Crippen LogP contribution in [0.2, 0.25) is 0 Å². The summed E-state index contributed by atoms with van der Waals surface area (Å²) in [5, 5.41) is 15.4. The maximum absolute atomic E-state index is 14.3. The topological polar surface area (TPSA) is 147 Å². The molecular weight excluding hydrogens is 580 g/mol. The molecule has 0 fully saturated rings. The molecule has 0 aliphatic carbocycles. The molecule has 244 valence electrons. The minimum absolute atomic E-state index is 0.00817. The Labute approximate surface area is 256 Å². The smallest absolute Gasteiger partial charge is 0.379 e. The van der Waals surface area contributed by atoms with Crippen LogP contribution in [0.3, 0.4) is 0 Å². The molecule has 0 aliphatic heterocycles. The van der Waals surface area contributed by atoms with E-state index in [0.717, 1.165) is 44.2 Å². The van der Waals surface area contributed by atoms with Crippen molar-refractivity contribution in [3.8, 4) is 17.1 Å². The third-order valence-corrected chi connectivity index (χ3v) is 6.98. The number of furan rings is 1. The van der Waals surface area contributed by atoms with Crippen molar-refractivity contribution in [2.24, 2.45) is 5.92 Å². The van der Waals surface area contributed by atoms with Gasteiger partial charge in [-0.25, -0.2) is 9.86 Å². The SMILES string of the molecule is CCCCC[C@@H](C(=O)NCNC(=O)c1ccc(-c2cc(OCC)cc(C(F)(F)C(=O)O)c2)o1)[C@@H](CC)N(C=O)OCCCC. The molecule has 0 saturated heterocycles. The number of nitrogens with one attached hydrogen (secondary N) is 2. The van der Waals surface area contributed by atoms with Crippen LogP contribution in [0.4, 0.5) is 8.78 Å². The van der Waals surface area contributed by atoms with Crippen LogP contribution in [0.15, 0.2) is 34.7 Å². The van der Waals surface area contributed by atoms with Crippen LogP contribution < -0.4 is 15.4 Å². The lowest BCUT2D eigenvalue weighted by atomic mass is 9.90. The lowest BCUT2D eigenvalue weighted by molar-refractivity contribution is -0.195. The maximum atomic E-state index is 14.3. The van der Waals surface area contributed by atoms with Crippen LogP contribution in [-0.4, -0.2) is 60.3 Å². The van der Waals surface area contributed by atoms with E-state index < -0.39 is 35.3 Å². The Morgan fingerprint density at radius 3 is 2.39 bits per heavy atom. The number of carbonyl (C=O) groups excluding carboxylic acids is 3. The van der Waals surface area contributed by atoms with Crippen LogP contribution in [0.5, 0.6) is 5.75 Å². The Balaban J connectivity index is 2.14. The summed E-state index contributed by atoms with van der Waals surface area (Å²) in [5.74, 6) is -8.22. The molecule has 2 aromatic rings. The van der Waals surface area contributed by atoms with Gasteiger partial charge in [0.2, 0.25) is 12.3 Å². The number of carboxylic acid groups (broad SMARTS) is 1. The summed E-state index contributed by atoms with van der Waals surface area (Å²) in [6.07, 6.45) is 5.91. The van der Waals surface area contributed by atoms with E-state index in [9.17, 15) is 28.0 Å². The number of aliphatic carboxylic acids is 1. The number of alkyl halides is 2. The molecule has 3 N–H and O–H groups in total. The van der Waals surface area contributed by atoms with Gasteiger partial charge >= 0.3 is 11.9 Å². The number of amides is 3. The van der Waals surface area contributed by atoms with Crippen LogP contribution >= 0.6 is 0 Å². The van der Waals surface area contributed by atoms with Gasteiger partial charge in [0.15, 0.2) is 5.76 Å². The lowest BCUT2D eigenvalue weighted by Crippen LogP contribution is -2.48. The third kappa shape index (κ3) is 10.0. The third-order valence-electron chi connectivity index (χ3n) is 6.98. The van der Waals surface area contributed by atoms with Crippen molar-refractivity contribution in [3.63, 3.8) is 0 Å². The molecule has 13 heteroatoms. The summed E-state index contributed by atoms with van der Waals surface area (Å²) in [6.45, 7) is 7.84. The quantitative estimate of drug-likeness (QED) is 0.0716. The molecular formula is C31H43F2N3O8. The molecule has 0 aliphatic rings. The number of rotatable bonds is 21. The molecule has 2 atom stereocenters. The summed E-state index contributed by atoms with van der Waals surface area (Å²) in [5.41, 5.74) is -0.723. The number of hydrogen-bond donors (Lipinski definition) is 3. The summed E-state index contributed by atoms with van der Waals surface area (Å²) >= 11 is 0. The zero-order valence-corrected chi connectivity index (χ0v) is 25.7. The molecule has 0 unspecified atom stereocenters. The summed E-state index contributed by atoms with van der Waals surface area (Å²) in [7, 11) is 0. The number of carbonyl (C=O) groups is 4. The highest BCUT2D eigenvalue weighted by Crippen LogP contribution is 2.35. The fourth-order valence-electron chi connectivity index (χ4n) is 4.61. The zero-order valence-electron chi connectivity index (χ0n) is 25.7. The van der Waals surface area contributed by atoms with Gasteiger partial charge in [0.1, 0.15) is 11.5 Å². The predicted octanol–water partition coefficient (Wildman–Crippen LogP) is 5.49. The van der Waals surface area contributed by atoms with Crippen LogP contribution in [0.1, 0.15) is 88.8 Å². The van der Waals surface area contributed by atoms with Gasteiger partial charge in [-0.15, -0.1) is 0 Å². The number of unbranched alkanes of at least 4 members (excludes halogenated alkanes) is 3. The van der Waals surface area contributed by atoms with Gasteiger partial charge in [0.25, 0.3) is 5.91 Å². The van der Waals surface area contributed by atoms with Crippen molar-refractivity contribution >= 4 is 24.2 Å². The normalized spacial score (nSPS) is 12.7. The van der Waals surface area contributed by atoms with E-state index in [1.165, 1.54) is 23.3 Å². The summed E-state index contributed by atoms with van der Waals surface area (Å²) < 4.78 is 39.4. The first-order valence-corrected chi connectivity index (χ1v) is 15.0. The standard InChI is InChI=1S/C31H43F2N3O8/c1-5-9-11-12-24(25(7-3)36(20-37)43-15-10-6-2)28(38)34-19-35-29(39)27-14-13-26(44-27)21-16-22(31(32,33)30(40)41)18-23(17-21)42-8-4/h13-14,16-18,20,24-25H,5-12,15,19H2,1-4H3,(H,34,38)(H,35,39)(H,40,41)/t24-,25-/m1/s1. The molecule has 1 aromatic heterocycles. The van der Waals surface area contributed by atoms with Crippen LogP contribution in [-0.2, 0) is 25.1 Å². The monoisotopic (exact) mass is 623 g/mol. The molecule has 1 aromatic carbocycles. The first-order chi connectivity index (χ1) is 21.0. The van der Waals surface area contributed by atoms with Crippen molar-refractivity contribution < 1.29 is 47.1 Å². The van der Waals surface area contributed by atoms with Gasteiger partial charge in [-0.1, -0.05) is 46.5 Å². The number of hydrogen-bond acceptors (Lipinski definition) is 7. The Bertz CT molecular complexity index is 1240. The molecule has 0 saturated carbocycles. The molecule has 44 heavy (non-hydrogen) atoms. The van der Waals surface area contributed by atoms with Crippen LogP contribution in [0.25, 0.3) is 11.3 Å². The second-order valence-corrected chi connectivity index (χ2v) is 10.2. The van der Waals surface area contributed by atoms with Crippen molar-refractivity contribution in [2.45, 2.75) is 84.6 Å². The average molecular weight is 624 g/mol. The molecule has 11 nitrogen and oxygen atoms in total. The zero-order chi connectivity index (χ0) is 32.7. The van der Waals surface area contributed by atoms with Gasteiger partial charge in [0, 0.05) is 11.1 Å². The highest BCUT2D eigenvalue weighted by atomic mass is 19.3. The van der Waals surface area contributed by atoms with E-state index in [4.69, 9.17) is 19.1 Å². The minimum Gasteiger partial charge on any atom is -0.494 e.